The van der Waals surface area contributed by atoms with Gasteiger partial charge >= 0.3 is 0 Å². The Balaban J connectivity index is 1.78. The number of aromatic nitrogens is 1. The molecule has 0 fully saturated rings. The van der Waals surface area contributed by atoms with Crippen molar-refractivity contribution in [3.05, 3.63) is 52.2 Å². The molecule has 1 aromatic heterocycles. The molecule has 18 heavy (non-hydrogen) atoms. The summed E-state index contributed by atoms with van der Waals surface area (Å²) in [6.07, 6.45) is 3.22. The van der Waals surface area contributed by atoms with Gasteiger partial charge in [-0.05, 0) is 28.1 Å². The van der Waals surface area contributed by atoms with Gasteiger partial charge in [0.15, 0.2) is 0 Å². The van der Waals surface area contributed by atoms with E-state index in [0.29, 0.717) is 23.9 Å². The molecule has 0 saturated carbocycles. The van der Waals surface area contributed by atoms with Gasteiger partial charge in [0, 0.05) is 29.0 Å². The van der Waals surface area contributed by atoms with E-state index in [4.69, 9.17) is 16.3 Å². The maximum absolute atomic E-state index is 5.81. The van der Waals surface area contributed by atoms with Crippen LogP contribution in [-0.2, 0) is 0 Å². The summed E-state index contributed by atoms with van der Waals surface area (Å²) in [6, 6.07) is 9.69. The zero-order chi connectivity index (χ0) is 12.8. The third-order valence-electron chi connectivity index (χ3n) is 2.24. The molecule has 2 aromatic rings. The highest BCUT2D eigenvalue weighted by molar-refractivity contribution is 9.10. The summed E-state index contributed by atoms with van der Waals surface area (Å²) >= 11 is 9.28. The van der Waals surface area contributed by atoms with Crippen molar-refractivity contribution in [1.82, 2.24) is 4.98 Å². The molecule has 94 valence electrons. The van der Waals surface area contributed by atoms with Crippen molar-refractivity contribution < 1.29 is 4.74 Å². The lowest BCUT2D eigenvalue weighted by Crippen LogP contribution is -2.11. The van der Waals surface area contributed by atoms with E-state index >= 15 is 0 Å². The van der Waals surface area contributed by atoms with E-state index in [-0.39, 0.29) is 0 Å². The van der Waals surface area contributed by atoms with E-state index in [1.165, 1.54) is 0 Å². The molecule has 2 rings (SSSR count). The Labute approximate surface area is 119 Å². The van der Waals surface area contributed by atoms with Gasteiger partial charge in [0.1, 0.15) is 12.4 Å². The molecule has 0 spiro atoms. The largest absolute Gasteiger partial charge is 0.490 e. The average molecular weight is 328 g/mol. The number of halogens is 2. The zero-order valence-electron chi connectivity index (χ0n) is 9.57. The third kappa shape index (κ3) is 3.89. The molecule has 0 aliphatic carbocycles. The second kappa shape index (κ2) is 6.61. The molecule has 0 aliphatic rings. The van der Waals surface area contributed by atoms with Gasteiger partial charge in [-0.15, -0.1) is 0 Å². The smallest absolute Gasteiger partial charge is 0.139 e. The van der Waals surface area contributed by atoms with Gasteiger partial charge < -0.3 is 10.1 Å². The Kier molecular flexibility index (Phi) is 4.84. The van der Waals surface area contributed by atoms with Crippen molar-refractivity contribution in [2.75, 3.05) is 18.5 Å². The molecule has 0 bridgehead atoms. The number of nitrogens with one attached hydrogen (secondary N) is 1. The molecule has 0 saturated heterocycles. The standard InChI is InChI=1S/C13H12BrClN2O/c14-12-3-1-2-4-13(12)17-5-6-18-11-7-10(15)8-16-9-11/h1-4,7-9,17H,5-6H2. The molecule has 1 heterocycles. The molecule has 0 amide bonds. The number of hydrogen-bond acceptors (Lipinski definition) is 3. The number of ether oxygens (including phenoxy) is 1. The van der Waals surface area contributed by atoms with Gasteiger partial charge in [0.25, 0.3) is 0 Å². The summed E-state index contributed by atoms with van der Waals surface area (Å²) in [7, 11) is 0. The quantitative estimate of drug-likeness (QED) is 0.843. The molecule has 0 unspecified atom stereocenters. The Hall–Kier alpha value is -1.26. The topological polar surface area (TPSA) is 34.1 Å². The maximum Gasteiger partial charge on any atom is 0.139 e. The highest BCUT2D eigenvalue weighted by Crippen LogP contribution is 2.20. The number of nitrogens with zero attached hydrogens (tertiary/aromatic N) is 1. The highest BCUT2D eigenvalue weighted by Gasteiger charge is 1.98. The van der Waals surface area contributed by atoms with Crippen molar-refractivity contribution >= 4 is 33.2 Å². The van der Waals surface area contributed by atoms with Crippen LogP contribution >= 0.6 is 27.5 Å². The second-order valence-corrected chi connectivity index (χ2v) is 4.88. The predicted octanol–water partition coefficient (Wildman–Crippen LogP) is 3.99. The highest BCUT2D eigenvalue weighted by atomic mass is 79.9. The molecule has 1 N–H and O–H groups in total. The van der Waals surface area contributed by atoms with Crippen molar-refractivity contribution in [1.29, 1.82) is 0 Å². The van der Waals surface area contributed by atoms with E-state index in [1.807, 2.05) is 24.3 Å². The minimum atomic E-state index is 0.545. The molecule has 0 radical (unpaired) electrons. The Bertz CT molecular complexity index is 522. The number of para-hydroxylation sites is 1. The van der Waals surface area contributed by atoms with Gasteiger partial charge in [0.2, 0.25) is 0 Å². The molecular formula is C13H12BrClN2O. The van der Waals surface area contributed by atoms with Crippen LogP contribution in [0.1, 0.15) is 0 Å². The average Bonchev–Trinajstić information content (AvgIpc) is 2.37. The SMILES string of the molecule is Clc1cncc(OCCNc2ccccc2Br)c1. The van der Waals surface area contributed by atoms with Gasteiger partial charge in [-0.3, -0.25) is 4.98 Å². The Morgan fingerprint density at radius 3 is 2.89 bits per heavy atom. The van der Waals surface area contributed by atoms with Gasteiger partial charge in [-0.25, -0.2) is 0 Å². The second-order valence-electron chi connectivity index (χ2n) is 3.59. The minimum absolute atomic E-state index is 0.545. The number of rotatable bonds is 5. The van der Waals surface area contributed by atoms with Crippen molar-refractivity contribution in [2.24, 2.45) is 0 Å². The fraction of sp³-hybridized carbons (Fsp3) is 0.154. The van der Waals surface area contributed by atoms with Crippen LogP contribution in [0.25, 0.3) is 0 Å². The van der Waals surface area contributed by atoms with E-state index in [0.717, 1.165) is 10.2 Å². The lowest BCUT2D eigenvalue weighted by Gasteiger charge is -2.09. The number of hydrogen-bond donors (Lipinski definition) is 1. The van der Waals surface area contributed by atoms with Crippen LogP contribution < -0.4 is 10.1 Å². The van der Waals surface area contributed by atoms with Gasteiger partial charge in [-0.1, -0.05) is 23.7 Å². The number of pyridine rings is 1. The van der Waals surface area contributed by atoms with Crippen molar-refractivity contribution in [3.8, 4) is 5.75 Å². The van der Waals surface area contributed by atoms with Crippen LogP contribution in [0.2, 0.25) is 5.02 Å². The molecule has 0 atom stereocenters. The van der Waals surface area contributed by atoms with Crippen LogP contribution in [0.3, 0.4) is 0 Å². The Morgan fingerprint density at radius 2 is 2.11 bits per heavy atom. The fourth-order valence-electron chi connectivity index (χ4n) is 1.43. The van der Waals surface area contributed by atoms with Crippen molar-refractivity contribution in [2.45, 2.75) is 0 Å². The first-order chi connectivity index (χ1) is 8.75. The predicted molar refractivity (Wildman–Crippen MR) is 77.4 cm³/mol. The number of anilines is 1. The lowest BCUT2D eigenvalue weighted by atomic mass is 10.3. The molecule has 1 aromatic carbocycles. The maximum atomic E-state index is 5.81. The van der Waals surface area contributed by atoms with Crippen LogP contribution in [0.4, 0.5) is 5.69 Å². The fourth-order valence-corrected chi connectivity index (χ4v) is 2.02. The van der Waals surface area contributed by atoms with E-state index in [1.54, 1.807) is 18.5 Å². The third-order valence-corrected chi connectivity index (χ3v) is 3.14. The monoisotopic (exact) mass is 326 g/mol. The summed E-state index contributed by atoms with van der Waals surface area (Å²) in [5.41, 5.74) is 1.05. The van der Waals surface area contributed by atoms with Gasteiger partial charge in [-0.2, -0.15) is 0 Å². The summed E-state index contributed by atoms with van der Waals surface area (Å²) in [4.78, 5) is 3.95. The first-order valence-corrected chi connectivity index (χ1v) is 6.64. The van der Waals surface area contributed by atoms with Crippen LogP contribution in [0, 0.1) is 0 Å². The molecule has 3 nitrogen and oxygen atoms in total. The van der Waals surface area contributed by atoms with E-state index in [2.05, 4.69) is 26.2 Å². The summed E-state index contributed by atoms with van der Waals surface area (Å²) in [5.74, 6) is 0.677. The normalized spacial score (nSPS) is 10.1. The molecule has 0 aliphatic heterocycles. The zero-order valence-corrected chi connectivity index (χ0v) is 11.9. The van der Waals surface area contributed by atoms with E-state index < -0.39 is 0 Å². The first kappa shape index (κ1) is 13.2. The Morgan fingerprint density at radius 1 is 1.28 bits per heavy atom. The van der Waals surface area contributed by atoms with Crippen LogP contribution in [0.5, 0.6) is 5.75 Å². The number of benzene rings is 1. The van der Waals surface area contributed by atoms with E-state index in [9.17, 15) is 0 Å². The molecule has 5 heteroatoms. The van der Waals surface area contributed by atoms with Gasteiger partial charge in [0.05, 0.1) is 11.2 Å². The lowest BCUT2D eigenvalue weighted by molar-refractivity contribution is 0.331. The van der Waals surface area contributed by atoms with Crippen LogP contribution in [-0.4, -0.2) is 18.1 Å². The summed E-state index contributed by atoms with van der Waals surface area (Å²) in [5, 5.41) is 3.85. The summed E-state index contributed by atoms with van der Waals surface area (Å²) in [6.45, 7) is 1.25. The van der Waals surface area contributed by atoms with Crippen LogP contribution in [0.15, 0.2) is 47.2 Å². The van der Waals surface area contributed by atoms with Crippen molar-refractivity contribution in [3.63, 3.8) is 0 Å². The molecular weight excluding hydrogens is 316 g/mol. The first-order valence-electron chi connectivity index (χ1n) is 5.47. The minimum Gasteiger partial charge on any atom is -0.490 e. The summed E-state index contributed by atoms with van der Waals surface area (Å²) < 4.78 is 6.56.